The van der Waals surface area contributed by atoms with Gasteiger partial charge >= 0.3 is 11.9 Å². The van der Waals surface area contributed by atoms with Crippen molar-refractivity contribution in [2.45, 2.75) is 32.1 Å². The second-order valence-corrected chi connectivity index (χ2v) is 4.22. The Kier molecular flexibility index (Phi) is 4.14. The van der Waals surface area contributed by atoms with Crippen LogP contribution in [0.2, 0.25) is 0 Å². The highest BCUT2D eigenvalue weighted by atomic mass is 19.1. The molecule has 0 amide bonds. The molecule has 0 saturated carbocycles. The number of anilines is 1. The minimum Gasteiger partial charge on any atom is -0.480 e. The van der Waals surface area contributed by atoms with E-state index in [2.05, 4.69) is 0 Å². The van der Waals surface area contributed by atoms with Crippen molar-refractivity contribution < 1.29 is 24.2 Å². The Labute approximate surface area is 109 Å². The van der Waals surface area contributed by atoms with E-state index in [1.807, 2.05) is 0 Å². The molecule has 104 valence electrons. The quantitative estimate of drug-likeness (QED) is 0.559. The van der Waals surface area contributed by atoms with Crippen molar-refractivity contribution in [3.8, 4) is 0 Å². The number of halogens is 1. The van der Waals surface area contributed by atoms with Gasteiger partial charge in [0, 0.05) is 0 Å². The van der Waals surface area contributed by atoms with Gasteiger partial charge in [0.05, 0.1) is 5.69 Å². The molecule has 0 heterocycles. The fraction of sp³-hybridized carbons (Fsp3) is 0.385. The summed E-state index contributed by atoms with van der Waals surface area (Å²) < 4.78 is 13.9. The van der Waals surface area contributed by atoms with E-state index in [0.29, 0.717) is 0 Å². The maximum atomic E-state index is 13.9. The van der Waals surface area contributed by atoms with E-state index in [4.69, 9.17) is 5.73 Å². The zero-order valence-corrected chi connectivity index (χ0v) is 10.7. The van der Waals surface area contributed by atoms with Crippen molar-refractivity contribution >= 4 is 17.6 Å². The number of carbonyl (C=O) groups is 2. The number of hydrogen-bond acceptors (Lipinski definition) is 3. The van der Waals surface area contributed by atoms with Crippen molar-refractivity contribution in [2.75, 3.05) is 5.73 Å². The summed E-state index contributed by atoms with van der Waals surface area (Å²) in [5.74, 6) is -3.77. The molecule has 0 aliphatic heterocycles. The molecular weight excluding hydrogens is 253 g/mol. The molecule has 19 heavy (non-hydrogen) atoms. The zero-order chi connectivity index (χ0) is 14.8. The number of nitrogens with two attached hydrogens (primary N) is 1. The fourth-order valence-corrected chi connectivity index (χ4v) is 2.20. The van der Waals surface area contributed by atoms with Crippen LogP contribution in [0.15, 0.2) is 12.1 Å². The first kappa shape index (κ1) is 14.9. The van der Waals surface area contributed by atoms with E-state index in [-0.39, 0.29) is 29.7 Å². The van der Waals surface area contributed by atoms with Gasteiger partial charge in [-0.25, -0.2) is 4.39 Å². The van der Waals surface area contributed by atoms with Crippen LogP contribution in [0.4, 0.5) is 10.1 Å². The number of hydrogen-bond donors (Lipinski definition) is 3. The monoisotopic (exact) mass is 269 g/mol. The predicted octanol–water partition coefficient (Wildman–Crippen LogP) is 1.79. The summed E-state index contributed by atoms with van der Waals surface area (Å²) in [6, 6.07) is 2.48. The second-order valence-electron chi connectivity index (χ2n) is 4.22. The smallest absolute Gasteiger partial charge is 0.325 e. The molecule has 0 bridgehead atoms. The molecule has 1 aromatic carbocycles. The first-order valence-electron chi connectivity index (χ1n) is 5.87. The Bertz CT molecular complexity index is 514. The number of rotatable bonds is 5. The lowest BCUT2D eigenvalue weighted by atomic mass is 9.75. The van der Waals surface area contributed by atoms with Gasteiger partial charge in [-0.15, -0.1) is 0 Å². The first-order chi connectivity index (χ1) is 8.82. The van der Waals surface area contributed by atoms with Gasteiger partial charge in [0.1, 0.15) is 5.82 Å². The molecule has 0 aliphatic carbocycles. The average molecular weight is 269 g/mol. The molecular formula is C13H16FNO4. The van der Waals surface area contributed by atoms with Gasteiger partial charge in [-0.05, 0) is 30.0 Å². The molecule has 0 spiro atoms. The van der Waals surface area contributed by atoms with Crippen LogP contribution in [0.1, 0.15) is 31.4 Å². The molecule has 0 aromatic heterocycles. The van der Waals surface area contributed by atoms with E-state index in [1.165, 1.54) is 19.1 Å². The fourth-order valence-electron chi connectivity index (χ4n) is 2.20. The largest absolute Gasteiger partial charge is 0.480 e. The molecule has 4 N–H and O–H groups in total. The molecule has 0 saturated heterocycles. The molecule has 1 aromatic rings. The maximum absolute atomic E-state index is 13.9. The average Bonchev–Trinajstić information content (AvgIpc) is 2.34. The van der Waals surface area contributed by atoms with E-state index < -0.39 is 23.2 Å². The third kappa shape index (κ3) is 2.14. The highest BCUT2D eigenvalue weighted by Crippen LogP contribution is 2.34. The van der Waals surface area contributed by atoms with Gasteiger partial charge < -0.3 is 15.9 Å². The topological polar surface area (TPSA) is 101 Å². The molecule has 0 unspecified atom stereocenters. The van der Waals surface area contributed by atoms with Gasteiger partial charge in [0.2, 0.25) is 0 Å². The Morgan fingerprint density at radius 1 is 1.26 bits per heavy atom. The van der Waals surface area contributed by atoms with Crippen molar-refractivity contribution in [3.63, 3.8) is 0 Å². The summed E-state index contributed by atoms with van der Waals surface area (Å²) in [6.45, 7) is 3.06. The third-order valence-corrected chi connectivity index (χ3v) is 3.35. The van der Waals surface area contributed by atoms with Crippen molar-refractivity contribution in [3.05, 3.63) is 29.1 Å². The summed E-state index contributed by atoms with van der Waals surface area (Å²) in [5, 5.41) is 18.6. The van der Waals surface area contributed by atoms with Gasteiger partial charge in [0.25, 0.3) is 0 Å². The molecule has 1 rings (SSSR count). The van der Waals surface area contributed by atoms with Crippen LogP contribution in [0, 0.1) is 5.82 Å². The van der Waals surface area contributed by atoms with Gasteiger partial charge in [0.15, 0.2) is 5.41 Å². The molecule has 6 heteroatoms. The van der Waals surface area contributed by atoms with Crippen molar-refractivity contribution in [1.29, 1.82) is 0 Å². The van der Waals surface area contributed by atoms with Crippen LogP contribution in [0.5, 0.6) is 0 Å². The standard InChI is InChI=1S/C13H16FNO4/c1-3-7-8(5-6-9(15)10(7)14)13(4-2,11(16)17)12(18)19/h5-6H,3-4,15H2,1-2H3,(H,16,17)(H,18,19). The van der Waals surface area contributed by atoms with Crippen molar-refractivity contribution in [1.82, 2.24) is 0 Å². The predicted molar refractivity (Wildman–Crippen MR) is 67.4 cm³/mol. The lowest BCUT2D eigenvalue weighted by Crippen LogP contribution is -2.44. The Morgan fingerprint density at radius 3 is 2.16 bits per heavy atom. The molecule has 0 aliphatic rings. The molecule has 5 nitrogen and oxygen atoms in total. The van der Waals surface area contributed by atoms with E-state index in [9.17, 15) is 24.2 Å². The molecule has 0 radical (unpaired) electrons. The number of benzene rings is 1. The summed E-state index contributed by atoms with van der Waals surface area (Å²) in [5.41, 5.74) is 3.14. The summed E-state index contributed by atoms with van der Waals surface area (Å²) in [7, 11) is 0. The number of carboxylic acid groups (broad SMARTS) is 2. The zero-order valence-electron chi connectivity index (χ0n) is 10.7. The van der Waals surface area contributed by atoms with Gasteiger partial charge in [-0.2, -0.15) is 0 Å². The van der Waals surface area contributed by atoms with Crippen LogP contribution in [-0.2, 0) is 21.4 Å². The summed E-state index contributed by atoms with van der Waals surface area (Å²) >= 11 is 0. The number of carboxylic acids is 2. The summed E-state index contributed by atoms with van der Waals surface area (Å²) in [4.78, 5) is 22.8. The van der Waals surface area contributed by atoms with Gasteiger partial charge in [-0.3, -0.25) is 9.59 Å². The first-order valence-corrected chi connectivity index (χ1v) is 5.87. The van der Waals surface area contributed by atoms with E-state index in [1.54, 1.807) is 6.92 Å². The van der Waals surface area contributed by atoms with Crippen LogP contribution < -0.4 is 5.73 Å². The van der Waals surface area contributed by atoms with Gasteiger partial charge in [-0.1, -0.05) is 19.9 Å². The van der Waals surface area contributed by atoms with Crippen LogP contribution >= 0.6 is 0 Å². The Morgan fingerprint density at radius 2 is 1.79 bits per heavy atom. The SMILES string of the molecule is CCc1c(C(CC)(C(=O)O)C(=O)O)ccc(N)c1F. The summed E-state index contributed by atoms with van der Waals surface area (Å²) in [6.07, 6.45) is -0.0253. The lowest BCUT2D eigenvalue weighted by molar-refractivity contribution is -0.157. The van der Waals surface area contributed by atoms with Crippen molar-refractivity contribution in [2.24, 2.45) is 0 Å². The Balaban J connectivity index is 3.70. The Hall–Kier alpha value is -2.11. The van der Waals surface area contributed by atoms with Crippen LogP contribution in [-0.4, -0.2) is 22.2 Å². The van der Waals surface area contributed by atoms with E-state index in [0.717, 1.165) is 0 Å². The second kappa shape index (κ2) is 5.26. The highest BCUT2D eigenvalue weighted by Gasteiger charge is 2.48. The maximum Gasteiger partial charge on any atom is 0.325 e. The number of nitrogen functional groups attached to an aromatic ring is 1. The minimum atomic E-state index is -2.15. The molecule has 0 atom stereocenters. The third-order valence-electron chi connectivity index (χ3n) is 3.35. The normalized spacial score (nSPS) is 11.3. The minimum absolute atomic E-state index is 0.0339. The molecule has 0 fully saturated rings. The lowest BCUT2D eigenvalue weighted by Gasteiger charge is -2.26. The van der Waals surface area contributed by atoms with Crippen LogP contribution in [0.3, 0.4) is 0 Å². The van der Waals surface area contributed by atoms with Crippen LogP contribution in [0.25, 0.3) is 0 Å². The number of aliphatic carboxylic acids is 2. The van der Waals surface area contributed by atoms with E-state index >= 15 is 0 Å². The highest BCUT2D eigenvalue weighted by molar-refractivity contribution is 6.05.